The van der Waals surface area contributed by atoms with Gasteiger partial charge in [-0.25, -0.2) is 0 Å². The maximum atomic E-state index is 13.9. The first kappa shape index (κ1) is 25.2. The summed E-state index contributed by atoms with van der Waals surface area (Å²) in [5.41, 5.74) is 3.36. The Labute approximate surface area is 204 Å². The van der Waals surface area contributed by atoms with Crippen LogP contribution < -0.4 is 5.32 Å². The van der Waals surface area contributed by atoms with E-state index in [9.17, 15) is 9.59 Å². The van der Waals surface area contributed by atoms with Gasteiger partial charge in [0.05, 0.1) is 0 Å². The van der Waals surface area contributed by atoms with Crippen molar-refractivity contribution in [3.63, 3.8) is 0 Å². The van der Waals surface area contributed by atoms with Crippen LogP contribution in [0.4, 0.5) is 0 Å². The van der Waals surface area contributed by atoms with Crippen LogP contribution in [0.5, 0.6) is 0 Å². The summed E-state index contributed by atoms with van der Waals surface area (Å²) >= 11 is 0. The fourth-order valence-electron chi connectivity index (χ4n) is 4.37. The Morgan fingerprint density at radius 3 is 1.76 bits per heavy atom. The Kier molecular flexibility index (Phi) is 9.45. The summed E-state index contributed by atoms with van der Waals surface area (Å²) in [5, 5.41) is 3.01. The van der Waals surface area contributed by atoms with Crippen LogP contribution in [0.25, 0.3) is 0 Å². The molecule has 1 N–H and O–H groups in total. The Morgan fingerprint density at radius 1 is 0.794 bits per heavy atom. The molecule has 4 heteroatoms. The number of carbonyl (C=O) groups is 2. The molecule has 2 amide bonds. The molecule has 0 aromatic heterocycles. The molecule has 0 aliphatic carbocycles. The van der Waals surface area contributed by atoms with Crippen LogP contribution in [0, 0.1) is 0 Å². The van der Waals surface area contributed by atoms with Crippen LogP contribution in [0.15, 0.2) is 91.0 Å². The lowest BCUT2D eigenvalue weighted by Crippen LogP contribution is -2.51. The van der Waals surface area contributed by atoms with Crippen LogP contribution in [0.3, 0.4) is 0 Å². The number of benzene rings is 3. The molecule has 0 radical (unpaired) electrons. The summed E-state index contributed by atoms with van der Waals surface area (Å²) in [5.74, 6) is -0.158. The molecule has 4 nitrogen and oxygen atoms in total. The Bertz CT molecular complexity index is 980. The minimum absolute atomic E-state index is 0.000562. The van der Waals surface area contributed by atoms with E-state index in [2.05, 4.69) is 41.7 Å². The van der Waals surface area contributed by atoms with Crippen molar-refractivity contribution in [1.29, 1.82) is 0 Å². The average Bonchev–Trinajstić information content (AvgIpc) is 2.86. The number of rotatable bonds is 11. The molecule has 178 valence electrons. The smallest absolute Gasteiger partial charge is 0.242 e. The first-order chi connectivity index (χ1) is 16.5. The lowest BCUT2D eigenvalue weighted by molar-refractivity contribution is -0.141. The van der Waals surface area contributed by atoms with Gasteiger partial charge in [-0.2, -0.15) is 0 Å². The summed E-state index contributed by atoms with van der Waals surface area (Å²) in [6.45, 7) is 6.37. The molecule has 0 heterocycles. The fourth-order valence-corrected chi connectivity index (χ4v) is 4.37. The van der Waals surface area contributed by atoms with Crippen LogP contribution in [-0.2, 0) is 16.0 Å². The highest BCUT2D eigenvalue weighted by Crippen LogP contribution is 2.29. The number of carbonyl (C=O) groups excluding carboxylic acids is 2. The van der Waals surface area contributed by atoms with Crippen molar-refractivity contribution in [2.75, 3.05) is 6.54 Å². The Morgan fingerprint density at radius 2 is 1.29 bits per heavy atom. The molecule has 34 heavy (non-hydrogen) atoms. The average molecular weight is 457 g/mol. The summed E-state index contributed by atoms with van der Waals surface area (Å²) < 4.78 is 0. The highest BCUT2D eigenvalue weighted by atomic mass is 16.2. The summed E-state index contributed by atoms with van der Waals surface area (Å²) in [6, 6.07) is 29.9. The Balaban J connectivity index is 1.89. The lowest BCUT2D eigenvalue weighted by atomic mass is 9.88. The highest BCUT2D eigenvalue weighted by Gasteiger charge is 2.30. The molecular formula is C30H36N2O2. The van der Waals surface area contributed by atoms with E-state index in [1.807, 2.05) is 75.4 Å². The SMILES string of the molecule is CC[C@H](C(=O)NC(C)C)N(CCc1ccccc1)C(=O)CC(c1ccccc1)c1ccccc1. The van der Waals surface area contributed by atoms with Gasteiger partial charge in [-0.3, -0.25) is 9.59 Å². The summed E-state index contributed by atoms with van der Waals surface area (Å²) in [6.07, 6.45) is 1.59. The fraction of sp³-hybridized carbons (Fsp3) is 0.333. The topological polar surface area (TPSA) is 49.4 Å². The van der Waals surface area contributed by atoms with E-state index in [0.29, 0.717) is 25.8 Å². The number of nitrogens with zero attached hydrogens (tertiary/aromatic N) is 1. The van der Waals surface area contributed by atoms with Gasteiger partial charge in [0.15, 0.2) is 0 Å². The molecule has 0 unspecified atom stereocenters. The van der Waals surface area contributed by atoms with Crippen molar-refractivity contribution >= 4 is 11.8 Å². The third kappa shape index (κ3) is 7.05. The van der Waals surface area contributed by atoms with Crippen molar-refractivity contribution in [1.82, 2.24) is 10.2 Å². The van der Waals surface area contributed by atoms with E-state index in [-0.39, 0.29) is 23.8 Å². The van der Waals surface area contributed by atoms with Crippen molar-refractivity contribution in [3.8, 4) is 0 Å². The lowest BCUT2D eigenvalue weighted by Gasteiger charge is -2.32. The molecular weight excluding hydrogens is 420 g/mol. The standard InChI is InChI=1S/C30H36N2O2/c1-4-28(30(34)31-23(2)3)32(21-20-24-14-8-5-9-15-24)29(33)22-27(25-16-10-6-11-17-25)26-18-12-7-13-19-26/h5-19,23,27-28H,4,20-22H2,1-3H3,(H,31,34)/t28-/m1/s1. The number of amides is 2. The second-order valence-corrected chi connectivity index (χ2v) is 8.99. The maximum absolute atomic E-state index is 13.9. The molecule has 0 saturated heterocycles. The molecule has 3 aromatic carbocycles. The number of hydrogen-bond acceptors (Lipinski definition) is 2. The van der Waals surface area contributed by atoms with Gasteiger partial charge < -0.3 is 10.2 Å². The predicted molar refractivity (Wildman–Crippen MR) is 139 cm³/mol. The van der Waals surface area contributed by atoms with E-state index in [4.69, 9.17) is 0 Å². The van der Waals surface area contributed by atoms with Crippen LogP contribution in [-0.4, -0.2) is 35.3 Å². The van der Waals surface area contributed by atoms with Gasteiger partial charge in [0.2, 0.25) is 11.8 Å². The van der Waals surface area contributed by atoms with Crippen molar-refractivity contribution in [3.05, 3.63) is 108 Å². The highest BCUT2D eigenvalue weighted by molar-refractivity contribution is 5.88. The third-order valence-electron chi connectivity index (χ3n) is 6.08. The zero-order chi connectivity index (χ0) is 24.3. The Hall–Kier alpha value is -3.40. The van der Waals surface area contributed by atoms with Gasteiger partial charge in [0.1, 0.15) is 6.04 Å². The second-order valence-electron chi connectivity index (χ2n) is 8.99. The first-order valence-electron chi connectivity index (χ1n) is 12.2. The zero-order valence-corrected chi connectivity index (χ0v) is 20.5. The molecule has 3 rings (SSSR count). The second kappa shape index (κ2) is 12.7. The largest absolute Gasteiger partial charge is 0.352 e. The van der Waals surface area contributed by atoms with E-state index >= 15 is 0 Å². The van der Waals surface area contributed by atoms with E-state index in [0.717, 1.165) is 16.7 Å². The van der Waals surface area contributed by atoms with E-state index in [1.54, 1.807) is 4.90 Å². The van der Waals surface area contributed by atoms with E-state index in [1.165, 1.54) is 0 Å². The molecule has 0 aliphatic heterocycles. The molecule has 0 saturated carbocycles. The summed E-state index contributed by atoms with van der Waals surface area (Å²) in [4.78, 5) is 28.7. The van der Waals surface area contributed by atoms with Crippen molar-refractivity contribution < 1.29 is 9.59 Å². The quantitative estimate of drug-likeness (QED) is 0.409. The molecule has 0 aliphatic rings. The van der Waals surface area contributed by atoms with Gasteiger partial charge in [-0.05, 0) is 43.4 Å². The minimum Gasteiger partial charge on any atom is -0.352 e. The minimum atomic E-state index is -0.495. The monoisotopic (exact) mass is 456 g/mol. The third-order valence-corrected chi connectivity index (χ3v) is 6.08. The maximum Gasteiger partial charge on any atom is 0.242 e. The van der Waals surface area contributed by atoms with Crippen molar-refractivity contribution in [2.45, 2.75) is 58.0 Å². The molecule has 1 atom stereocenters. The number of nitrogens with one attached hydrogen (secondary N) is 1. The van der Waals surface area contributed by atoms with Gasteiger partial charge >= 0.3 is 0 Å². The van der Waals surface area contributed by atoms with Crippen LogP contribution >= 0.6 is 0 Å². The van der Waals surface area contributed by atoms with E-state index < -0.39 is 6.04 Å². The van der Waals surface area contributed by atoms with Gasteiger partial charge in [0.25, 0.3) is 0 Å². The van der Waals surface area contributed by atoms with Gasteiger partial charge in [-0.15, -0.1) is 0 Å². The molecule has 0 spiro atoms. The van der Waals surface area contributed by atoms with Crippen LogP contribution in [0.1, 0.15) is 56.2 Å². The number of hydrogen-bond donors (Lipinski definition) is 1. The van der Waals surface area contributed by atoms with Gasteiger partial charge in [-0.1, -0.05) is 97.9 Å². The molecule has 0 bridgehead atoms. The van der Waals surface area contributed by atoms with Crippen molar-refractivity contribution in [2.24, 2.45) is 0 Å². The first-order valence-corrected chi connectivity index (χ1v) is 12.2. The van der Waals surface area contributed by atoms with Crippen LogP contribution in [0.2, 0.25) is 0 Å². The normalized spacial score (nSPS) is 11.9. The molecule has 3 aromatic rings. The van der Waals surface area contributed by atoms with Gasteiger partial charge in [0, 0.05) is 24.9 Å². The predicted octanol–water partition coefficient (Wildman–Crippen LogP) is 5.58. The zero-order valence-electron chi connectivity index (χ0n) is 20.5. The molecule has 0 fully saturated rings. The summed E-state index contributed by atoms with van der Waals surface area (Å²) in [7, 11) is 0.